The summed E-state index contributed by atoms with van der Waals surface area (Å²) in [6, 6.07) is 1.85. The van der Waals surface area contributed by atoms with Gasteiger partial charge in [-0.25, -0.2) is 0 Å². The number of hydrogen-bond acceptors (Lipinski definition) is 4. The second kappa shape index (κ2) is 5.52. The molecule has 1 amide bonds. The third-order valence-corrected chi connectivity index (χ3v) is 5.14. The highest BCUT2D eigenvalue weighted by atomic mass is 35.5. The van der Waals surface area contributed by atoms with Crippen molar-refractivity contribution in [2.75, 3.05) is 26.2 Å². The zero-order chi connectivity index (χ0) is 15.9. The molecular weight excluding hydrogens is 306 g/mol. The molecule has 118 valence electrons. The van der Waals surface area contributed by atoms with Gasteiger partial charge in [0.15, 0.2) is 0 Å². The Kier molecular flexibility index (Phi) is 3.82. The monoisotopic (exact) mass is 323 g/mol. The molecule has 0 spiro atoms. The van der Waals surface area contributed by atoms with Crippen LogP contribution in [0.5, 0.6) is 0 Å². The number of likely N-dealkylation sites (tertiary alicyclic amines) is 2. The van der Waals surface area contributed by atoms with Gasteiger partial charge in [0.25, 0.3) is 0 Å². The van der Waals surface area contributed by atoms with Crippen LogP contribution in [-0.2, 0) is 16.1 Å². The van der Waals surface area contributed by atoms with Crippen molar-refractivity contribution in [2.45, 2.75) is 13.5 Å². The summed E-state index contributed by atoms with van der Waals surface area (Å²) < 4.78 is 0. The molecule has 0 unspecified atom stereocenters. The van der Waals surface area contributed by atoms with E-state index in [9.17, 15) is 14.7 Å². The van der Waals surface area contributed by atoms with E-state index in [1.807, 2.05) is 6.07 Å². The summed E-state index contributed by atoms with van der Waals surface area (Å²) in [5, 5.41) is 10.3. The molecule has 2 saturated heterocycles. The summed E-state index contributed by atoms with van der Waals surface area (Å²) in [4.78, 5) is 31.1. The highest BCUT2D eigenvalue weighted by Gasteiger charge is 2.58. The Morgan fingerprint density at radius 2 is 2.23 bits per heavy atom. The van der Waals surface area contributed by atoms with E-state index in [1.165, 1.54) is 6.92 Å². The second-order valence-corrected chi connectivity index (χ2v) is 6.60. The van der Waals surface area contributed by atoms with Crippen molar-refractivity contribution < 1.29 is 14.7 Å². The number of aromatic nitrogens is 1. The minimum Gasteiger partial charge on any atom is -0.481 e. The first-order valence-corrected chi connectivity index (χ1v) is 7.60. The van der Waals surface area contributed by atoms with Gasteiger partial charge < -0.3 is 10.0 Å². The first-order valence-electron chi connectivity index (χ1n) is 7.22. The van der Waals surface area contributed by atoms with Gasteiger partial charge in [-0.15, -0.1) is 0 Å². The van der Waals surface area contributed by atoms with Crippen LogP contribution in [0.4, 0.5) is 0 Å². The summed E-state index contributed by atoms with van der Waals surface area (Å²) in [5.74, 6) is -0.905. The fraction of sp³-hybridized carbons (Fsp3) is 0.533. The molecule has 1 aromatic rings. The standard InChI is InChI=1S/C15H18ClN3O3/c1-10(20)19-7-12-6-18(8-15(12,9-19)14(21)22)5-11-2-3-17-4-13(11)16/h2-4,12H,5-9H2,1H3,(H,21,22)/t12-,15-/m1/s1. The average Bonchev–Trinajstić information content (AvgIpc) is 2.96. The van der Waals surface area contributed by atoms with Gasteiger partial charge in [-0.05, 0) is 11.6 Å². The molecule has 2 fully saturated rings. The van der Waals surface area contributed by atoms with E-state index >= 15 is 0 Å². The lowest BCUT2D eigenvalue weighted by molar-refractivity contribution is -0.149. The number of carbonyl (C=O) groups is 2. The average molecular weight is 324 g/mol. The van der Waals surface area contributed by atoms with Crippen molar-refractivity contribution in [2.24, 2.45) is 11.3 Å². The Labute approximate surface area is 133 Å². The molecule has 6 nitrogen and oxygen atoms in total. The maximum atomic E-state index is 11.8. The molecular formula is C15H18ClN3O3. The number of nitrogens with zero attached hydrogens (tertiary/aromatic N) is 3. The maximum absolute atomic E-state index is 11.8. The van der Waals surface area contributed by atoms with Gasteiger partial charge >= 0.3 is 5.97 Å². The van der Waals surface area contributed by atoms with Crippen molar-refractivity contribution in [3.8, 4) is 0 Å². The van der Waals surface area contributed by atoms with Crippen LogP contribution >= 0.6 is 11.6 Å². The zero-order valence-corrected chi connectivity index (χ0v) is 13.1. The van der Waals surface area contributed by atoms with Crippen LogP contribution in [0.15, 0.2) is 18.5 Å². The number of amides is 1. The number of fused-ring (bicyclic) bond motifs is 1. The SMILES string of the molecule is CC(=O)N1C[C@H]2CN(Cc3ccncc3Cl)C[C@@]2(C(=O)O)C1. The Balaban J connectivity index is 1.77. The predicted octanol–water partition coefficient (Wildman–Crippen LogP) is 1.10. The maximum Gasteiger partial charge on any atom is 0.313 e. The van der Waals surface area contributed by atoms with Crippen LogP contribution in [0.1, 0.15) is 12.5 Å². The van der Waals surface area contributed by atoms with Crippen molar-refractivity contribution in [3.63, 3.8) is 0 Å². The fourth-order valence-corrected chi connectivity index (χ4v) is 3.78. The van der Waals surface area contributed by atoms with Gasteiger partial charge in [0.05, 0.1) is 5.02 Å². The third kappa shape index (κ3) is 2.46. The molecule has 0 bridgehead atoms. The minimum absolute atomic E-state index is 0.0329. The summed E-state index contributed by atoms with van der Waals surface area (Å²) in [5.41, 5.74) is 0.0890. The molecule has 0 aromatic carbocycles. The number of halogens is 1. The largest absolute Gasteiger partial charge is 0.481 e. The lowest BCUT2D eigenvalue weighted by atomic mass is 9.81. The van der Waals surface area contributed by atoms with E-state index < -0.39 is 11.4 Å². The summed E-state index contributed by atoms with van der Waals surface area (Å²) >= 11 is 6.13. The third-order valence-electron chi connectivity index (χ3n) is 4.80. The highest BCUT2D eigenvalue weighted by Crippen LogP contribution is 2.43. The smallest absolute Gasteiger partial charge is 0.313 e. The molecule has 0 aliphatic carbocycles. The fourth-order valence-electron chi connectivity index (χ4n) is 3.61. The Hall–Kier alpha value is -1.66. The Morgan fingerprint density at radius 1 is 1.45 bits per heavy atom. The van der Waals surface area contributed by atoms with Gasteiger partial charge in [0.2, 0.25) is 5.91 Å². The molecule has 7 heteroatoms. The second-order valence-electron chi connectivity index (χ2n) is 6.19. The summed E-state index contributed by atoms with van der Waals surface area (Å²) in [6.07, 6.45) is 3.28. The van der Waals surface area contributed by atoms with Gasteiger partial charge in [-0.1, -0.05) is 11.6 Å². The first-order chi connectivity index (χ1) is 10.4. The molecule has 3 heterocycles. The normalized spacial score (nSPS) is 27.9. The number of carbonyl (C=O) groups excluding carboxylic acids is 1. The Bertz CT molecular complexity index is 624. The molecule has 0 radical (unpaired) electrons. The highest BCUT2D eigenvalue weighted by molar-refractivity contribution is 6.31. The number of rotatable bonds is 3. The van der Waals surface area contributed by atoms with Crippen LogP contribution in [0.3, 0.4) is 0 Å². The molecule has 22 heavy (non-hydrogen) atoms. The van der Waals surface area contributed by atoms with Gasteiger partial charge in [-0.3, -0.25) is 19.5 Å². The molecule has 0 saturated carbocycles. The molecule has 2 aliphatic heterocycles. The van der Waals surface area contributed by atoms with E-state index in [4.69, 9.17) is 11.6 Å². The van der Waals surface area contributed by atoms with Crippen molar-refractivity contribution >= 4 is 23.5 Å². The van der Waals surface area contributed by atoms with Crippen molar-refractivity contribution in [1.29, 1.82) is 0 Å². The molecule has 1 aromatic heterocycles. The van der Waals surface area contributed by atoms with Crippen LogP contribution < -0.4 is 0 Å². The lowest BCUT2D eigenvalue weighted by Crippen LogP contribution is -2.41. The number of hydrogen-bond donors (Lipinski definition) is 1. The lowest BCUT2D eigenvalue weighted by Gasteiger charge is -2.25. The molecule has 3 rings (SSSR count). The number of aliphatic carboxylic acids is 1. The van der Waals surface area contributed by atoms with Crippen molar-refractivity contribution in [3.05, 3.63) is 29.0 Å². The van der Waals surface area contributed by atoms with Gasteiger partial charge in [0.1, 0.15) is 5.41 Å². The van der Waals surface area contributed by atoms with E-state index in [1.54, 1.807) is 17.3 Å². The number of carboxylic acids is 1. The van der Waals surface area contributed by atoms with Crippen LogP contribution in [0.2, 0.25) is 5.02 Å². The van der Waals surface area contributed by atoms with Crippen LogP contribution in [-0.4, -0.2) is 57.9 Å². The summed E-state index contributed by atoms with van der Waals surface area (Å²) in [7, 11) is 0. The van der Waals surface area contributed by atoms with Gasteiger partial charge in [0, 0.05) is 58.0 Å². The number of pyridine rings is 1. The predicted molar refractivity (Wildman–Crippen MR) is 80.3 cm³/mol. The van der Waals surface area contributed by atoms with Crippen molar-refractivity contribution in [1.82, 2.24) is 14.8 Å². The quantitative estimate of drug-likeness (QED) is 0.901. The topological polar surface area (TPSA) is 73.7 Å². The van der Waals surface area contributed by atoms with Gasteiger partial charge in [-0.2, -0.15) is 0 Å². The minimum atomic E-state index is -0.856. The Morgan fingerprint density at radius 3 is 2.82 bits per heavy atom. The molecule has 2 aliphatic rings. The number of carboxylic acid groups (broad SMARTS) is 1. The first kappa shape index (κ1) is 15.2. The van der Waals surface area contributed by atoms with E-state index in [0.29, 0.717) is 37.7 Å². The zero-order valence-electron chi connectivity index (χ0n) is 12.3. The molecule has 2 atom stereocenters. The molecule has 1 N–H and O–H groups in total. The van der Waals surface area contributed by atoms with E-state index in [0.717, 1.165) is 5.56 Å². The summed E-state index contributed by atoms with van der Waals surface area (Å²) in [6.45, 7) is 4.01. The van der Waals surface area contributed by atoms with E-state index in [2.05, 4.69) is 9.88 Å². The van der Waals surface area contributed by atoms with Crippen LogP contribution in [0.25, 0.3) is 0 Å². The van der Waals surface area contributed by atoms with Crippen LogP contribution in [0, 0.1) is 11.3 Å². The van der Waals surface area contributed by atoms with E-state index in [-0.39, 0.29) is 11.8 Å².